The summed E-state index contributed by atoms with van der Waals surface area (Å²) in [5, 5.41) is 0.624. The summed E-state index contributed by atoms with van der Waals surface area (Å²) in [6, 6.07) is 5.55. The molecule has 1 aromatic heterocycles. The predicted molar refractivity (Wildman–Crippen MR) is 54.6 cm³/mol. The van der Waals surface area contributed by atoms with Gasteiger partial charge in [0.1, 0.15) is 11.6 Å². The van der Waals surface area contributed by atoms with Gasteiger partial charge in [-0.3, -0.25) is 4.79 Å². The van der Waals surface area contributed by atoms with Crippen molar-refractivity contribution in [3.63, 3.8) is 0 Å². The fraction of sp³-hybridized carbons (Fsp3) is 0. The van der Waals surface area contributed by atoms with Crippen molar-refractivity contribution in [1.29, 1.82) is 0 Å². The largest absolute Gasteiger partial charge is 0.383 e. The number of benzene rings is 1. The number of carbonyl (C=O) groups excluding carboxylic acids is 1. The highest BCUT2D eigenvalue weighted by Gasteiger charge is 2.09. The Balaban J connectivity index is 2.76. The van der Waals surface area contributed by atoms with Gasteiger partial charge >= 0.3 is 0 Å². The molecule has 0 aliphatic rings. The molecule has 2 rings (SSSR count). The maximum absolute atomic E-state index is 12.9. The lowest BCUT2D eigenvalue weighted by Gasteiger charge is -2.03. The lowest BCUT2D eigenvalue weighted by atomic mass is 10.1. The van der Waals surface area contributed by atoms with Crippen molar-refractivity contribution in [2.24, 2.45) is 5.73 Å². The molecule has 0 aliphatic heterocycles. The van der Waals surface area contributed by atoms with Crippen LogP contribution in [0, 0.1) is 5.82 Å². The van der Waals surface area contributed by atoms with Crippen LogP contribution in [0.1, 0.15) is 10.4 Å². The summed E-state index contributed by atoms with van der Waals surface area (Å²) in [6.45, 7) is 0. The minimum Gasteiger partial charge on any atom is -0.383 e. The van der Waals surface area contributed by atoms with Gasteiger partial charge in [0, 0.05) is 11.5 Å². The topological polar surface area (TPSA) is 82.0 Å². The molecule has 2 aromatic rings. The Morgan fingerprint density at radius 3 is 2.73 bits per heavy atom. The second-order valence-electron chi connectivity index (χ2n) is 3.12. The molecule has 1 heterocycles. The van der Waals surface area contributed by atoms with E-state index >= 15 is 0 Å². The van der Waals surface area contributed by atoms with Crippen LogP contribution in [0.25, 0.3) is 10.9 Å². The highest BCUT2D eigenvalue weighted by molar-refractivity contribution is 6.00. The van der Waals surface area contributed by atoms with E-state index in [2.05, 4.69) is 4.98 Å². The average Bonchev–Trinajstić information content (AvgIpc) is 2.15. The van der Waals surface area contributed by atoms with Gasteiger partial charge in [-0.15, -0.1) is 0 Å². The minimum atomic E-state index is -0.647. The fourth-order valence-corrected chi connectivity index (χ4v) is 1.35. The Bertz CT molecular complexity index is 554. The van der Waals surface area contributed by atoms with Crippen molar-refractivity contribution in [2.75, 3.05) is 5.73 Å². The molecule has 0 atom stereocenters. The van der Waals surface area contributed by atoms with Crippen molar-refractivity contribution in [1.82, 2.24) is 4.98 Å². The first kappa shape index (κ1) is 9.39. The van der Waals surface area contributed by atoms with E-state index in [0.29, 0.717) is 10.9 Å². The minimum absolute atomic E-state index is 0.0144. The Morgan fingerprint density at radius 1 is 1.33 bits per heavy atom. The number of primary amides is 1. The number of halogens is 1. The standard InChI is InChI=1S/C10H8FN3O/c11-6-2-1-5-3-7(10(13)15)9(12)14-8(5)4-6/h1-4H,(H2,12,14)(H2,13,15). The Labute approximate surface area is 84.7 Å². The normalized spacial score (nSPS) is 10.5. The molecule has 0 bridgehead atoms. The van der Waals surface area contributed by atoms with E-state index in [1.54, 1.807) is 0 Å². The molecule has 1 amide bonds. The van der Waals surface area contributed by atoms with E-state index < -0.39 is 11.7 Å². The van der Waals surface area contributed by atoms with E-state index in [1.807, 2.05) is 0 Å². The van der Waals surface area contributed by atoms with Gasteiger partial charge in [0.2, 0.25) is 0 Å². The smallest absolute Gasteiger partial charge is 0.252 e. The van der Waals surface area contributed by atoms with Crippen molar-refractivity contribution < 1.29 is 9.18 Å². The molecule has 76 valence electrons. The number of pyridine rings is 1. The van der Waals surface area contributed by atoms with Crippen LogP contribution >= 0.6 is 0 Å². The second kappa shape index (κ2) is 3.20. The first-order chi connectivity index (χ1) is 7.08. The van der Waals surface area contributed by atoms with Crippen LogP contribution in [-0.2, 0) is 0 Å². The van der Waals surface area contributed by atoms with Crippen LogP contribution < -0.4 is 11.5 Å². The molecule has 0 unspecified atom stereocenters. The van der Waals surface area contributed by atoms with E-state index in [-0.39, 0.29) is 11.4 Å². The predicted octanol–water partition coefficient (Wildman–Crippen LogP) is 1.06. The quantitative estimate of drug-likeness (QED) is 0.730. The zero-order chi connectivity index (χ0) is 11.0. The summed E-state index contributed by atoms with van der Waals surface area (Å²) in [5.74, 6) is -1.03. The van der Waals surface area contributed by atoms with Gasteiger partial charge in [0.05, 0.1) is 11.1 Å². The van der Waals surface area contributed by atoms with Gasteiger partial charge in [-0.25, -0.2) is 9.37 Å². The average molecular weight is 205 g/mol. The number of rotatable bonds is 1. The molecular formula is C10H8FN3O. The van der Waals surface area contributed by atoms with Crippen LogP contribution in [0.4, 0.5) is 10.2 Å². The lowest BCUT2D eigenvalue weighted by molar-refractivity contribution is 0.100. The number of nitrogen functional groups attached to an aromatic ring is 1. The molecule has 0 fully saturated rings. The third-order valence-corrected chi connectivity index (χ3v) is 2.07. The third kappa shape index (κ3) is 1.59. The molecule has 0 saturated heterocycles. The molecular weight excluding hydrogens is 197 g/mol. The zero-order valence-corrected chi connectivity index (χ0v) is 7.70. The first-order valence-electron chi connectivity index (χ1n) is 4.23. The van der Waals surface area contributed by atoms with E-state index in [4.69, 9.17) is 11.5 Å². The summed E-state index contributed by atoms with van der Waals surface area (Å²) < 4.78 is 12.9. The van der Waals surface area contributed by atoms with Crippen molar-refractivity contribution in [3.05, 3.63) is 35.6 Å². The van der Waals surface area contributed by atoms with Crippen LogP contribution in [0.2, 0.25) is 0 Å². The van der Waals surface area contributed by atoms with Gasteiger partial charge < -0.3 is 11.5 Å². The number of amides is 1. The first-order valence-corrected chi connectivity index (χ1v) is 4.23. The molecule has 5 heteroatoms. The summed E-state index contributed by atoms with van der Waals surface area (Å²) >= 11 is 0. The molecule has 0 aliphatic carbocycles. The van der Waals surface area contributed by atoms with E-state index in [0.717, 1.165) is 0 Å². The molecule has 15 heavy (non-hydrogen) atoms. The van der Waals surface area contributed by atoms with Crippen LogP contribution in [0.3, 0.4) is 0 Å². The number of nitrogens with two attached hydrogens (primary N) is 2. The maximum atomic E-state index is 12.9. The summed E-state index contributed by atoms with van der Waals surface area (Å²) in [6.07, 6.45) is 0. The monoisotopic (exact) mass is 205 g/mol. The number of fused-ring (bicyclic) bond motifs is 1. The van der Waals surface area contributed by atoms with Crippen LogP contribution in [0.5, 0.6) is 0 Å². The summed E-state index contributed by atoms with van der Waals surface area (Å²) in [4.78, 5) is 14.9. The Kier molecular flexibility index (Phi) is 2.00. The van der Waals surface area contributed by atoms with Gasteiger partial charge in [-0.2, -0.15) is 0 Å². The van der Waals surface area contributed by atoms with Gasteiger partial charge in [-0.05, 0) is 18.2 Å². The van der Waals surface area contributed by atoms with E-state index in [1.165, 1.54) is 24.3 Å². The SMILES string of the molecule is NC(=O)c1cc2ccc(F)cc2nc1N. The van der Waals surface area contributed by atoms with Gasteiger partial charge in [-0.1, -0.05) is 0 Å². The van der Waals surface area contributed by atoms with Crippen molar-refractivity contribution in [3.8, 4) is 0 Å². The highest BCUT2D eigenvalue weighted by Crippen LogP contribution is 2.18. The molecule has 0 saturated carbocycles. The molecule has 4 N–H and O–H groups in total. The third-order valence-electron chi connectivity index (χ3n) is 2.07. The number of aromatic nitrogens is 1. The molecule has 1 aromatic carbocycles. The number of hydrogen-bond donors (Lipinski definition) is 2. The zero-order valence-electron chi connectivity index (χ0n) is 7.70. The lowest BCUT2D eigenvalue weighted by Crippen LogP contribution is -2.14. The molecule has 0 spiro atoms. The number of hydrogen-bond acceptors (Lipinski definition) is 3. The number of anilines is 1. The number of carbonyl (C=O) groups is 1. The van der Waals surface area contributed by atoms with Crippen molar-refractivity contribution in [2.45, 2.75) is 0 Å². The summed E-state index contributed by atoms with van der Waals surface area (Å²) in [5.41, 5.74) is 11.2. The second-order valence-corrected chi connectivity index (χ2v) is 3.12. The van der Waals surface area contributed by atoms with Gasteiger partial charge in [0.15, 0.2) is 0 Å². The fourth-order valence-electron chi connectivity index (χ4n) is 1.35. The van der Waals surface area contributed by atoms with E-state index in [9.17, 15) is 9.18 Å². The molecule has 0 radical (unpaired) electrons. The maximum Gasteiger partial charge on any atom is 0.252 e. The highest BCUT2D eigenvalue weighted by atomic mass is 19.1. The number of nitrogens with zero attached hydrogens (tertiary/aromatic N) is 1. The Hall–Kier alpha value is -2.17. The Morgan fingerprint density at radius 2 is 2.07 bits per heavy atom. The summed E-state index contributed by atoms with van der Waals surface area (Å²) in [7, 11) is 0. The van der Waals surface area contributed by atoms with Gasteiger partial charge in [0.25, 0.3) is 5.91 Å². The van der Waals surface area contributed by atoms with Crippen LogP contribution in [0.15, 0.2) is 24.3 Å². The van der Waals surface area contributed by atoms with Crippen LogP contribution in [-0.4, -0.2) is 10.9 Å². The molecule has 4 nitrogen and oxygen atoms in total. The van der Waals surface area contributed by atoms with Crippen molar-refractivity contribution >= 4 is 22.6 Å².